The summed E-state index contributed by atoms with van der Waals surface area (Å²) in [6, 6.07) is 5.16. The van der Waals surface area contributed by atoms with E-state index < -0.39 is 10.0 Å². The molecule has 150 valence electrons. The quantitative estimate of drug-likeness (QED) is 0.775. The van der Waals surface area contributed by atoms with Crippen LogP contribution in [-0.2, 0) is 27.8 Å². The average molecular weight is 403 g/mol. The highest BCUT2D eigenvalue weighted by molar-refractivity contribution is 7.89. The molecule has 0 aliphatic heterocycles. The second kappa shape index (κ2) is 7.67. The lowest BCUT2D eigenvalue weighted by atomic mass is 10.1. The molecule has 1 amide bonds. The zero-order valence-corrected chi connectivity index (χ0v) is 16.8. The molecule has 4 rings (SSSR count). The standard InChI is InChI=1S/C20H26N4O3S/c1-14-21-10-11-24(14)13-20(25)22-19-9-7-15-6-8-17(12-18(15)19)28(26,27)23-16-4-2-3-5-16/h6,8,10-12,16,19,23H,2-5,7,9,13H2,1H3,(H,22,25). The van der Waals surface area contributed by atoms with Gasteiger partial charge in [0.25, 0.3) is 0 Å². The van der Waals surface area contributed by atoms with Gasteiger partial charge in [-0.25, -0.2) is 18.1 Å². The molecule has 2 N–H and O–H groups in total. The maximum absolute atomic E-state index is 12.8. The molecular formula is C20H26N4O3S. The van der Waals surface area contributed by atoms with E-state index in [1.54, 1.807) is 29.1 Å². The molecule has 8 heteroatoms. The summed E-state index contributed by atoms with van der Waals surface area (Å²) in [5, 5.41) is 3.05. The molecule has 0 bridgehead atoms. The van der Waals surface area contributed by atoms with Crippen LogP contribution < -0.4 is 10.0 Å². The lowest BCUT2D eigenvalue weighted by Gasteiger charge is -2.17. The molecule has 0 radical (unpaired) electrons. The summed E-state index contributed by atoms with van der Waals surface area (Å²) in [6.45, 7) is 2.06. The number of amides is 1. The number of aryl methyl sites for hydroxylation is 2. The topological polar surface area (TPSA) is 93.1 Å². The highest BCUT2D eigenvalue weighted by atomic mass is 32.2. The lowest BCUT2D eigenvalue weighted by molar-refractivity contribution is -0.122. The predicted octanol–water partition coefficient (Wildman–Crippen LogP) is 2.22. The van der Waals surface area contributed by atoms with Crippen molar-refractivity contribution in [2.75, 3.05) is 0 Å². The van der Waals surface area contributed by atoms with Gasteiger partial charge in [0.05, 0.1) is 10.9 Å². The number of rotatable bonds is 6. The monoisotopic (exact) mass is 402 g/mol. The molecule has 1 atom stereocenters. The van der Waals surface area contributed by atoms with Crippen LogP contribution in [0, 0.1) is 6.92 Å². The molecule has 1 aromatic heterocycles. The van der Waals surface area contributed by atoms with E-state index >= 15 is 0 Å². The van der Waals surface area contributed by atoms with Gasteiger partial charge < -0.3 is 9.88 Å². The van der Waals surface area contributed by atoms with Crippen LogP contribution in [0.4, 0.5) is 0 Å². The summed E-state index contributed by atoms with van der Waals surface area (Å²) in [4.78, 5) is 16.9. The molecule has 2 aliphatic carbocycles. The van der Waals surface area contributed by atoms with Crippen LogP contribution in [0.25, 0.3) is 0 Å². The summed E-state index contributed by atoms with van der Waals surface area (Å²) in [6.07, 6.45) is 9.00. The maximum Gasteiger partial charge on any atom is 0.240 e. The number of hydrogen-bond acceptors (Lipinski definition) is 4. The van der Waals surface area contributed by atoms with E-state index in [-0.39, 0.29) is 29.4 Å². The van der Waals surface area contributed by atoms with Gasteiger partial charge in [0.2, 0.25) is 15.9 Å². The van der Waals surface area contributed by atoms with Crippen LogP contribution in [0.5, 0.6) is 0 Å². The number of sulfonamides is 1. The molecule has 7 nitrogen and oxygen atoms in total. The molecule has 2 aliphatic rings. The van der Waals surface area contributed by atoms with Crippen LogP contribution in [0.2, 0.25) is 0 Å². The Balaban J connectivity index is 1.48. The minimum atomic E-state index is -3.54. The summed E-state index contributed by atoms with van der Waals surface area (Å²) >= 11 is 0. The molecule has 1 saturated carbocycles. The number of carbonyl (C=O) groups excluding carboxylic acids is 1. The van der Waals surface area contributed by atoms with Crippen molar-refractivity contribution in [1.82, 2.24) is 19.6 Å². The van der Waals surface area contributed by atoms with E-state index in [0.29, 0.717) is 0 Å². The number of aromatic nitrogens is 2. The SMILES string of the molecule is Cc1nccn1CC(=O)NC1CCc2ccc(S(=O)(=O)NC3CCCC3)cc21. The van der Waals surface area contributed by atoms with Crippen LogP contribution in [0.15, 0.2) is 35.5 Å². The summed E-state index contributed by atoms with van der Waals surface area (Å²) in [5.41, 5.74) is 2.01. The Morgan fingerprint density at radius 2 is 2.04 bits per heavy atom. The lowest BCUT2D eigenvalue weighted by Crippen LogP contribution is -2.33. The minimum absolute atomic E-state index is 0.0344. The van der Waals surface area contributed by atoms with Crippen LogP contribution in [-0.4, -0.2) is 29.9 Å². The van der Waals surface area contributed by atoms with Gasteiger partial charge in [-0.1, -0.05) is 18.9 Å². The Morgan fingerprint density at radius 1 is 1.25 bits per heavy atom. The maximum atomic E-state index is 12.8. The number of benzene rings is 1. The minimum Gasteiger partial charge on any atom is -0.348 e. The molecule has 1 unspecified atom stereocenters. The Kier molecular flexibility index (Phi) is 5.25. The normalized spacial score (nSPS) is 19.7. The molecule has 0 saturated heterocycles. The van der Waals surface area contributed by atoms with Gasteiger partial charge >= 0.3 is 0 Å². The van der Waals surface area contributed by atoms with E-state index in [1.165, 1.54) is 0 Å². The molecule has 2 aromatic rings. The molecule has 1 aromatic carbocycles. The third-order valence-electron chi connectivity index (χ3n) is 5.76. The second-order valence-corrected chi connectivity index (χ2v) is 9.44. The fraction of sp³-hybridized carbons (Fsp3) is 0.500. The number of imidazole rings is 1. The molecule has 28 heavy (non-hydrogen) atoms. The number of fused-ring (bicyclic) bond motifs is 1. The van der Waals surface area contributed by atoms with Crippen LogP contribution in [0.3, 0.4) is 0 Å². The van der Waals surface area contributed by atoms with Gasteiger partial charge in [0.15, 0.2) is 0 Å². The van der Waals surface area contributed by atoms with Crippen molar-refractivity contribution in [1.29, 1.82) is 0 Å². The first-order chi connectivity index (χ1) is 13.4. The van der Waals surface area contributed by atoms with Gasteiger partial charge in [-0.3, -0.25) is 4.79 Å². The van der Waals surface area contributed by atoms with Gasteiger partial charge in [-0.15, -0.1) is 0 Å². The third kappa shape index (κ3) is 3.98. The Labute approximate surface area is 165 Å². The van der Waals surface area contributed by atoms with Crippen molar-refractivity contribution in [2.45, 2.75) is 69.0 Å². The van der Waals surface area contributed by atoms with Crippen molar-refractivity contribution < 1.29 is 13.2 Å². The highest BCUT2D eigenvalue weighted by Gasteiger charge is 2.28. The third-order valence-corrected chi connectivity index (χ3v) is 7.27. The molecule has 0 spiro atoms. The van der Waals surface area contributed by atoms with Gasteiger partial charge in [0, 0.05) is 18.4 Å². The number of nitrogens with one attached hydrogen (secondary N) is 2. The molecule has 1 heterocycles. The first-order valence-electron chi connectivity index (χ1n) is 9.84. The summed E-state index contributed by atoms with van der Waals surface area (Å²) < 4.78 is 30.1. The average Bonchev–Trinajstić information content (AvgIpc) is 3.38. The molecular weight excluding hydrogens is 376 g/mol. The number of nitrogens with zero attached hydrogens (tertiary/aromatic N) is 2. The summed E-state index contributed by atoms with van der Waals surface area (Å²) in [7, 11) is -3.54. The van der Waals surface area contributed by atoms with E-state index in [1.807, 2.05) is 13.0 Å². The van der Waals surface area contributed by atoms with E-state index in [0.717, 1.165) is 55.5 Å². The number of carbonyl (C=O) groups is 1. The van der Waals surface area contributed by atoms with Crippen LogP contribution in [0.1, 0.15) is 55.1 Å². The van der Waals surface area contributed by atoms with Crippen molar-refractivity contribution in [3.05, 3.63) is 47.5 Å². The number of hydrogen-bond donors (Lipinski definition) is 2. The van der Waals surface area contributed by atoms with Crippen molar-refractivity contribution in [3.63, 3.8) is 0 Å². The van der Waals surface area contributed by atoms with Crippen LogP contribution >= 0.6 is 0 Å². The van der Waals surface area contributed by atoms with Gasteiger partial charge in [-0.2, -0.15) is 0 Å². The predicted molar refractivity (Wildman–Crippen MR) is 105 cm³/mol. The van der Waals surface area contributed by atoms with Crippen molar-refractivity contribution in [2.24, 2.45) is 0 Å². The molecule has 1 fully saturated rings. The van der Waals surface area contributed by atoms with E-state index in [4.69, 9.17) is 0 Å². The van der Waals surface area contributed by atoms with E-state index in [9.17, 15) is 13.2 Å². The zero-order chi connectivity index (χ0) is 19.7. The van der Waals surface area contributed by atoms with Crippen molar-refractivity contribution in [3.8, 4) is 0 Å². The van der Waals surface area contributed by atoms with E-state index in [2.05, 4.69) is 15.0 Å². The summed E-state index contributed by atoms with van der Waals surface area (Å²) in [5.74, 6) is 0.685. The van der Waals surface area contributed by atoms with Crippen molar-refractivity contribution >= 4 is 15.9 Å². The largest absolute Gasteiger partial charge is 0.348 e. The first kappa shape index (κ1) is 19.1. The Bertz CT molecular complexity index is 977. The fourth-order valence-electron chi connectivity index (χ4n) is 4.19. The zero-order valence-electron chi connectivity index (χ0n) is 16.0. The fourth-order valence-corrected chi connectivity index (χ4v) is 5.53. The Hall–Kier alpha value is -2.19. The smallest absolute Gasteiger partial charge is 0.240 e. The first-order valence-corrected chi connectivity index (χ1v) is 11.3. The Morgan fingerprint density at radius 3 is 2.75 bits per heavy atom. The van der Waals surface area contributed by atoms with Gasteiger partial charge in [0.1, 0.15) is 12.4 Å². The van der Waals surface area contributed by atoms with Gasteiger partial charge in [-0.05, 0) is 55.9 Å². The second-order valence-electron chi connectivity index (χ2n) is 7.72. The highest BCUT2D eigenvalue weighted by Crippen LogP contribution is 2.33.